The van der Waals surface area contributed by atoms with Gasteiger partial charge in [0.15, 0.2) is 11.5 Å². The summed E-state index contributed by atoms with van der Waals surface area (Å²) < 4.78 is 10.5. The van der Waals surface area contributed by atoms with Crippen LogP contribution in [0.4, 0.5) is 0 Å². The van der Waals surface area contributed by atoms with Crippen LogP contribution in [0.2, 0.25) is 0 Å². The van der Waals surface area contributed by atoms with Gasteiger partial charge in [0, 0.05) is 19.7 Å². The number of rotatable bonds is 7. The lowest BCUT2D eigenvalue weighted by Gasteiger charge is -2.13. The Bertz CT molecular complexity index is 341. The van der Waals surface area contributed by atoms with E-state index in [1.54, 1.807) is 13.2 Å². The average molecular weight is 239 g/mol. The molecule has 0 saturated heterocycles. The fraction of sp³-hybridized carbons (Fsp3) is 0.538. The molecule has 0 fully saturated rings. The van der Waals surface area contributed by atoms with E-state index in [1.165, 1.54) is 0 Å². The van der Waals surface area contributed by atoms with Crippen molar-refractivity contribution in [2.24, 2.45) is 0 Å². The van der Waals surface area contributed by atoms with Crippen LogP contribution in [0.3, 0.4) is 0 Å². The maximum atomic E-state index is 9.45. The summed E-state index contributed by atoms with van der Waals surface area (Å²) in [6.45, 7) is 6.29. The van der Waals surface area contributed by atoms with Crippen molar-refractivity contribution >= 4 is 0 Å². The molecule has 0 aromatic heterocycles. The third-order valence-corrected chi connectivity index (χ3v) is 2.46. The first-order chi connectivity index (χ1) is 8.17. The van der Waals surface area contributed by atoms with Crippen LogP contribution in [0, 0.1) is 0 Å². The van der Waals surface area contributed by atoms with Crippen molar-refractivity contribution < 1.29 is 14.6 Å². The van der Waals surface area contributed by atoms with Crippen LogP contribution in [0.1, 0.15) is 19.4 Å². The summed E-state index contributed by atoms with van der Waals surface area (Å²) in [5, 5.41) is 12.7. The van der Waals surface area contributed by atoms with E-state index < -0.39 is 0 Å². The van der Waals surface area contributed by atoms with Crippen LogP contribution in [-0.4, -0.2) is 31.5 Å². The summed E-state index contributed by atoms with van der Waals surface area (Å²) in [7, 11) is 1.55. The van der Waals surface area contributed by atoms with Crippen molar-refractivity contribution in [1.29, 1.82) is 0 Å². The van der Waals surface area contributed by atoms with Crippen molar-refractivity contribution in [2.45, 2.75) is 26.5 Å². The highest BCUT2D eigenvalue weighted by Crippen LogP contribution is 2.26. The molecule has 0 heterocycles. The van der Waals surface area contributed by atoms with E-state index in [0.717, 1.165) is 25.3 Å². The van der Waals surface area contributed by atoms with Gasteiger partial charge in [-0.25, -0.2) is 0 Å². The average Bonchev–Trinajstić information content (AvgIpc) is 2.31. The van der Waals surface area contributed by atoms with Crippen LogP contribution >= 0.6 is 0 Å². The van der Waals surface area contributed by atoms with Crippen LogP contribution < -0.4 is 10.1 Å². The van der Waals surface area contributed by atoms with Gasteiger partial charge in [0.1, 0.15) is 0 Å². The SMILES string of the molecule is CCOC(C)CNCc1ccc(O)c(OC)c1. The monoisotopic (exact) mass is 239 g/mol. The largest absolute Gasteiger partial charge is 0.504 e. The fourth-order valence-corrected chi connectivity index (χ4v) is 1.60. The number of benzene rings is 1. The molecule has 4 heteroatoms. The Labute approximate surface area is 103 Å². The quantitative estimate of drug-likeness (QED) is 0.763. The molecule has 1 aromatic carbocycles. The van der Waals surface area contributed by atoms with E-state index in [1.807, 2.05) is 26.0 Å². The minimum atomic E-state index is 0.166. The number of nitrogens with one attached hydrogen (secondary N) is 1. The smallest absolute Gasteiger partial charge is 0.160 e. The van der Waals surface area contributed by atoms with Crippen molar-refractivity contribution in [3.05, 3.63) is 23.8 Å². The first-order valence-corrected chi connectivity index (χ1v) is 5.85. The zero-order valence-electron chi connectivity index (χ0n) is 10.7. The summed E-state index contributed by atoms with van der Waals surface area (Å²) in [6, 6.07) is 5.34. The van der Waals surface area contributed by atoms with Gasteiger partial charge in [-0.1, -0.05) is 6.07 Å². The second kappa shape index (κ2) is 7.14. The summed E-state index contributed by atoms with van der Waals surface area (Å²) in [5.41, 5.74) is 1.07. The maximum Gasteiger partial charge on any atom is 0.160 e. The molecule has 0 amide bonds. The molecule has 4 nitrogen and oxygen atoms in total. The molecule has 0 radical (unpaired) electrons. The fourth-order valence-electron chi connectivity index (χ4n) is 1.60. The number of hydrogen-bond donors (Lipinski definition) is 2. The normalized spacial score (nSPS) is 12.4. The maximum absolute atomic E-state index is 9.45. The summed E-state index contributed by atoms with van der Waals surface area (Å²) in [6.07, 6.45) is 0.207. The molecule has 17 heavy (non-hydrogen) atoms. The third kappa shape index (κ3) is 4.63. The van der Waals surface area contributed by atoms with Crippen LogP contribution in [0.15, 0.2) is 18.2 Å². The van der Waals surface area contributed by atoms with Gasteiger partial charge in [-0.15, -0.1) is 0 Å². The molecule has 0 bridgehead atoms. The Morgan fingerprint density at radius 3 is 2.82 bits per heavy atom. The minimum Gasteiger partial charge on any atom is -0.504 e. The molecule has 0 spiro atoms. The van der Waals surface area contributed by atoms with E-state index in [4.69, 9.17) is 9.47 Å². The van der Waals surface area contributed by atoms with Gasteiger partial charge in [0.2, 0.25) is 0 Å². The van der Waals surface area contributed by atoms with E-state index in [9.17, 15) is 5.11 Å². The number of aromatic hydroxyl groups is 1. The number of ether oxygens (including phenoxy) is 2. The second-order valence-corrected chi connectivity index (χ2v) is 3.90. The van der Waals surface area contributed by atoms with Gasteiger partial charge in [0.25, 0.3) is 0 Å². The molecule has 1 aromatic rings. The van der Waals surface area contributed by atoms with E-state index in [-0.39, 0.29) is 11.9 Å². The Hall–Kier alpha value is -1.26. The Kier molecular flexibility index (Phi) is 5.80. The Balaban J connectivity index is 2.41. The standard InChI is InChI=1S/C13H21NO3/c1-4-17-10(2)8-14-9-11-5-6-12(15)13(7-11)16-3/h5-7,10,14-15H,4,8-9H2,1-3H3. The molecular weight excluding hydrogens is 218 g/mol. The highest BCUT2D eigenvalue weighted by Gasteiger charge is 2.03. The molecule has 96 valence electrons. The van der Waals surface area contributed by atoms with Gasteiger partial charge in [0.05, 0.1) is 13.2 Å². The Morgan fingerprint density at radius 1 is 1.41 bits per heavy atom. The van der Waals surface area contributed by atoms with Crippen LogP contribution in [-0.2, 0) is 11.3 Å². The topological polar surface area (TPSA) is 50.7 Å². The lowest BCUT2D eigenvalue weighted by atomic mass is 10.2. The lowest BCUT2D eigenvalue weighted by molar-refractivity contribution is 0.0759. The molecule has 1 unspecified atom stereocenters. The second-order valence-electron chi connectivity index (χ2n) is 3.90. The molecule has 0 saturated carbocycles. The van der Waals surface area contributed by atoms with E-state index in [2.05, 4.69) is 5.32 Å². The van der Waals surface area contributed by atoms with Crippen molar-refractivity contribution in [3.63, 3.8) is 0 Å². The molecule has 1 atom stereocenters. The minimum absolute atomic E-state index is 0.166. The van der Waals surface area contributed by atoms with Gasteiger partial charge >= 0.3 is 0 Å². The first kappa shape index (κ1) is 13.8. The molecule has 0 aliphatic heterocycles. The molecule has 2 N–H and O–H groups in total. The third-order valence-electron chi connectivity index (χ3n) is 2.46. The highest BCUT2D eigenvalue weighted by molar-refractivity contribution is 5.41. The Morgan fingerprint density at radius 2 is 2.18 bits per heavy atom. The van der Waals surface area contributed by atoms with Crippen molar-refractivity contribution in [3.8, 4) is 11.5 Å². The predicted octanol–water partition coefficient (Wildman–Crippen LogP) is 1.92. The number of phenolic OH excluding ortho intramolecular Hbond substituents is 1. The number of phenols is 1. The zero-order chi connectivity index (χ0) is 12.7. The summed E-state index contributed by atoms with van der Waals surface area (Å²) >= 11 is 0. The number of methoxy groups -OCH3 is 1. The van der Waals surface area contributed by atoms with Gasteiger partial charge in [-0.2, -0.15) is 0 Å². The molecule has 0 aliphatic rings. The predicted molar refractivity (Wildman–Crippen MR) is 67.5 cm³/mol. The lowest BCUT2D eigenvalue weighted by Crippen LogP contribution is -2.26. The zero-order valence-corrected chi connectivity index (χ0v) is 10.7. The summed E-state index contributed by atoms with van der Waals surface area (Å²) in [4.78, 5) is 0. The molecular formula is C13H21NO3. The van der Waals surface area contributed by atoms with Gasteiger partial charge in [-0.05, 0) is 31.5 Å². The van der Waals surface area contributed by atoms with Gasteiger partial charge in [-0.3, -0.25) is 0 Å². The van der Waals surface area contributed by atoms with Gasteiger partial charge < -0.3 is 19.9 Å². The molecule has 0 aliphatic carbocycles. The van der Waals surface area contributed by atoms with E-state index >= 15 is 0 Å². The number of hydrogen-bond acceptors (Lipinski definition) is 4. The van der Waals surface area contributed by atoms with Crippen molar-refractivity contribution in [2.75, 3.05) is 20.3 Å². The molecule has 1 rings (SSSR count). The van der Waals surface area contributed by atoms with Crippen molar-refractivity contribution in [1.82, 2.24) is 5.32 Å². The van der Waals surface area contributed by atoms with Crippen LogP contribution in [0.25, 0.3) is 0 Å². The highest BCUT2D eigenvalue weighted by atomic mass is 16.5. The van der Waals surface area contributed by atoms with Crippen LogP contribution in [0.5, 0.6) is 11.5 Å². The van der Waals surface area contributed by atoms with E-state index in [0.29, 0.717) is 5.75 Å². The first-order valence-electron chi connectivity index (χ1n) is 5.85. The summed E-state index contributed by atoms with van der Waals surface area (Å²) in [5.74, 6) is 0.668.